The second-order valence-electron chi connectivity index (χ2n) is 4.75. The third-order valence-corrected chi connectivity index (χ3v) is 3.29. The minimum absolute atomic E-state index is 0.158. The highest BCUT2D eigenvalue weighted by Crippen LogP contribution is 2.24. The summed E-state index contributed by atoms with van der Waals surface area (Å²) in [6, 6.07) is 2.12. The molecule has 2 atom stereocenters. The van der Waals surface area contributed by atoms with Gasteiger partial charge in [0.2, 0.25) is 0 Å². The monoisotopic (exact) mass is 221 g/mol. The van der Waals surface area contributed by atoms with Gasteiger partial charge in [-0.25, -0.2) is 0 Å². The van der Waals surface area contributed by atoms with Crippen molar-refractivity contribution in [2.75, 3.05) is 0 Å². The molecule has 1 saturated carbocycles. The van der Waals surface area contributed by atoms with Gasteiger partial charge in [-0.3, -0.25) is 9.48 Å². The fourth-order valence-electron chi connectivity index (χ4n) is 2.40. The van der Waals surface area contributed by atoms with E-state index < -0.39 is 0 Å². The Morgan fingerprint density at radius 3 is 3.06 bits per heavy atom. The number of nitrogens with zero attached hydrogens (tertiary/aromatic N) is 2. The van der Waals surface area contributed by atoms with Crippen molar-refractivity contribution in [3.8, 4) is 0 Å². The van der Waals surface area contributed by atoms with Crippen molar-refractivity contribution in [2.24, 2.45) is 18.7 Å². The Hall–Kier alpha value is -1.16. The average Bonchev–Trinajstić information content (AvgIpc) is 2.64. The molecule has 2 N–H and O–H groups in total. The van der Waals surface area contributed by atoms with Crippen LogP contribution in [0.3, 0.4) is 0 Å². The van der Waals surface area contributed by atoms with Crippen molar-refractivity contribution in [3.05, 3.63) is 18.0 Å². The molecule has 0 radical (unpaired) electrons. The van der Waals surface area contributed by atoms with Crippen LogP contribution in [-0.4, -0.2) is 21.6 Å². The van der Waals surface area contributed by atoms with Crippen LogP contribution in [0.1, 0.15) is 31.4 Å². The van der Waals surface area contributed by atoms with Crippen molar-refractivity contribution in [3.63, 3.8) is 0 Å². The van der Waals surface area contributed by atoms with Gasteiger partial charge in [-0.2, -0.15) is 5.10 Å². The van der Waals surface area contributed by atoms with Crippen LogP contribution < -0.4 is 5.73 Å². The van der Waals surface area contributed by atoms with Gasteiger partial charge in [0.15, 0.2) is 0 Å². The third-order valence-electron chi connectivity index (χ3n) is 3.29. The second-order valence-corrected chi connectivity index (χ2v) is 4.75. The Balaban J connectivity index is 1.92. The summed E-state index contributed by atoms with van der Waals surface area (Å²) < 4.78 is 1.73. The highest BCUT2D eigenvalue weighted by Gasteiger charge is 2.25. The molecular formula is C12H19N3O. The zero-order valence-corrected chi connectivity index (χ0v) is 9.72. The molecule has 16 heavy (non-hydrogen) atoms. The van der Waals surface area contributed by atoms with Crippen molar-refractivity contribution >= 4 is 5.78 Å². The number of carbonyl (C=O) groups is 1. The van der Waals surface area contributed by atoms with E-state index in [4.69, 9.17) is 5.73 Å². The van der Waals surface area contributed by atoms with Crippen LogP contribution in [0.2, 0.25) is 0 Å². The van der Waals surface area contributed by atoms with Crippen LogP contribution >= 0.6 is 0 Å². The van der Waals surface area contributed by atoms with Gasteiger partial charge >= 0.3 is 0 Å². The first-order chi connectivity index (χ1) is 7.65. The lowest BCUT2D eigenvalue weighted by molar-refractivity contribution is -0.123. The molecule has 1 aliphatic rings. The van der Waals surface area contributed by atoms with Crippen molar-refractivity contribution < 1.29 is 4.79 Å². The van der Waals surface area contributed by atoms with E-state index in [0.29, 0.717) is 12.2 Å². The maximum Gasteiger partial charge on any atom is 0.142 e. The van der Waals surface area contributed by atoms with Crippen LogP contribution in [-0.2, 0) is 18.3 Å². The first-order valence-electron chi connectivity index (χ1n) is 5.92. The summed E-state index contributed by atoms with van der Waals surface area (Å²) in [5.74, 6) is 0.458. The quantitative estimate of drug-likeness (QED) is 0.830. The van der Waals surface area contributed by atoms with E-state index in [1.165, 1.54) is 0 Å². The Labute approximate surface area is 95.8 Å². The highest BCUT2D eigenvalue weighted by atomic mass is 16.1. The largest absolute Gasteiger partial charge is 0.328 e. The molecule has 2 unspecified atom stereocenters. The number of hydrogen-bond acceptors (Lipinski definition) is 3. The van der Waals surface area contributed by atoms with E-state index in [2.05, 4.69) is 5.10 Å². The molecule has 0 bridgehead atoms. The number of aromatic nitrogens is 2. The molecular weight excluding hydrogens is 202 g/mol. The number of Topliss-reactive ketones (excluding diaryl/α,β-unsaturated/α-hetero) is 1. The van der Waals surface area contributed by atoms with Crippen LogP contribution in [0.4, 0.5) is 0 Å². The first kappa shape index (κ1) is 11.3. The van der Waals surface area contributed by atoms with Gasteiger partial charge in [-0.1, -0.05) is 6.42 Å². The predicted octanol–water partition coefficient (Wildman–Crippen LogP) is 1.05. The molecule has 88 valence electrons. The van der Waals surface area contributed by atoms with Crippen LogP contribution in [0.25, 0.3) is 0 Å². The summed E-state index contributed by atoms with van der Waals surface area (Å²) in [6.45, 7) is 0. The average molecular weight is 221 g/mol. The minimum Gasteiger partial charge on any atom is -0.328 e. The Morgan fingerprint density at radius 2 is 2.44 bits per heavy atom. The lowest BCUT2D eigenvalue weighted by Crippen LogP contribution is -2.32. The van der Waals surface area contributed by atoms with Gasteiger partial charge in [-0.15, -0.1) is 0 Å². The van der Waals surface area contributed by atoms with E-state index in [-0.39, 0.29) is 12.0 Å². The number of rotatable bonds is 3. The fourth-order valence-corrected chi connectivity index (χ4v) is 2.40. The molecule has 0 aliphatic heterocycles. The summed E-state index contributed by atoms with van der Waals surface area (Å²) >= 11 is 0. The van der Waals surface area contributed by atoms with Crippen molar-refractivity contribution in [1.29, 1.82) is 0 Å². The number of aryl methyl sites for hydroxylation is 1. The second kappa shape index (κ2) is 4.78. The molecule has 0 aromatic carbocycles. The molecule has 0 spiro atoms. The van der Waals surface area contributed by atoms with E-state index >= 15 is 0 Å². The summed E-state index contributed by atoms with van der Waals surface area (Å²) in [5.41, 5.74) is 6.76. The number of ketones is 1. The zero-order chi connectivity index (χ0) is 11.5. The molecule has 1 aromatic heterocycles. The van der Waals surface area contributed by atoms with Gasteiger partial charge in [0.05, 0.1) is 12.1 Å². The smallest absolute Gasteiger partial charge is 0.142 e. The van der Waals surface area contributed by atoms with E-state index in [0.717, 1.165) is 31.4 Å². The Kier molecular flexibility index (Phi) is 3.39. The number of hydrogen-bond donors (Lipinski definition) is 1. The van der Waals surface area contributed by atoms with Gasteiger partial charge in [0, 0.05) is 25.2 Å². The minimum atomic E-state index is 0.158. The molecule has 1 heterocycles. The SMILES string of the molecule is Cn1ccc(CC(=O)C2CCCC(N)C2)n1. The number of carbonyl (C=O) groups excluding carboxylic acids is 1. The highest BCUT2D eigenvalue weighted by molar-refractivity contribution is 5.83. The standard InChI is InChI=1S/C12H19N3O/c1-15-6-5-11(14-15)8-12(16)9-3-2-4-10(13)7-9/h5-6,9-10H,2-4,7-8,13H2,1H3. The Bertz CT molecular complexity index is 372. The molecule has 1 fully saturated rings. The molecule has 1 aliphatic carbocycles. The normalized spacial score (nSPS) is 25.6. The van der Waals surface area contributed by atoms with Crippen LogP contribution in [0.15, 0.2) is 12.3 Å². The van der Waals surface area contributed by atoms with Gasteiger partial charge < -0.3 is 5.73 Å². The molecule has 0 saturated heterocycles. The topological polar surface area (TPSA) is 60.9 Å². The third kappa shape index (κ3) is 2.70. The van der Waals surface area contributed by atoms with Crippen molar-refractivity contribution in [1.82, 2.24) is 9.78 Å². The summed E-state index contributed by atoms with van der Waals surface area (Å²) in [4.78, 5) is 12.0. The van der Waals surface area contributed by atoms with Gasteiger partial charge in [-0.05, 0) is 25.3 Å². The number of nitrogens with two attached hydrogens (primary N) is 1. The molecule has 4 nitrogen and oxygen atoms in total. The molecule has 0 amide bonds. The van der Waals surface area contributed by atoms with Crippen molar-refractivity contribution in [2.45, 2.75) is 38.1 Å². The van der Waals surface area contributed by atoms with Crippen LogP contribution in [0, 0.1) is 5.92 Å². The zero-order valence-electron chi connectivity index (χ0n) is 9.72. The first-order valence-corrected chi connectivity index (χ1v) is 5.92. The van der Waals surface area contributed by atoms with Crippen LogP contribution in [0.5, 0.6) is 0 Å². The summed E-state index contributed by atoms with van der Waals surface area (Å²) in [7, 11) is 1.87. The Morgan fingerprint density at radius 1 is 1.62 bits per heavy atom. The lowest BCUT2D eigenvalue weighted by Gasteiger charge is -2.25. The van der Waals surface area contributed by atoms with E-state index in [1.807, 2.05) is 19.3 Å². The maximum atomic E-state index is 12.0. The summed E-state index contributed by atoms with van der Waals surface area (Å²) in [6.07, 6.45) is 6.33. The van der Waals surface area contributed by atoms with E-state index in [1.54, 1.807) is 4.68 Å². The van der Waals surface area contributed by atoms with Gasteiger partial charge in [0.1, 0.15) is 5.78 Å². The molecule has 1 aromatic rings. The predicted molar refractivity (Wildman–Crippen MR) is 61.9 cm³/mol. The van der Waals surface area contributed by atoms with Gasteiger partial charge in [0.25, 0.3) is 0 Å². The molecule has 4 heteroatoms. The lowest BCUT2D eigenvalue weighted by atomic mass is 9.82. The fraction of sp³-hybridized carbons (Fsp3) is 0.667. The summed E-state index contributed by atoms with van der Waals surface area (Å²) in [5, 5.41) is 4.23. The maximum absolute atomic E-state index is 12.0. The van der Waals surface area contributed by atoms with E-state index in [9.17, 15) is 4.79 Å². The molecule has 2 rings (SSSR count).